The predicted molar refractivity (Wildman–Crippen MR) is 86.8 cm³/mol. The summed E-state index contributed by atoms with van der Waals surface area (Å²) in [5.74, 6) is 5.33. The molecule has 0 bridgehead atoms. The average molecular weight is 299 g/mol. The lowest BCUT2D eigenvalue weighted by atomic mass is 10.1. The number of aryl methyl sites for hydroxylation is 2. The lowest BCUT2D eigenvalue weighted by molar-refractivity contribution is 0.103. The van der Waals surface area contributed by atoms with E-state index >= 15 is 0 Å². The molecule has 0 aliphatic heterocycles. The fourth-order valence-electron chi connectivity index (χ4n) is 1.88. The van der Waals surface area contributed by atoms with Crippen molar-refractivity contribution < 1.29 is 9.90 Å². The maximum absolute atomic E-state index is 12.3. The highest BCUT2D eigenvalue weighted by atomic mass is 32.1. The second-order valence-electron chi connectivity index (χ2n) is 4.58. The van der Waals surface area contributed by atoms with Crippen molar-refractivity contribution in [2.45, 2.75) is 20.3 Å². The summed E-state index contributed by atoms with van der Waals surface area (Å²) in [6.45, 7) is 3.82. The molecule has 0 aliphatic carbocycles. The standard InChI is InChI=1S/C17H17NO2S/c1-3-14-8-9-16(21-14)17(20)18-15-11-12(2)6-7-13(15)5-4-10-19/h6-9,11,19H,3,10H2,1-2H3,(H,18,20). The number of nitrogens with one attached hydrogen (secondary N) is 1. The first-order chi connectivity index (χ1) is 10.1. The number of hydrogen-bond donors (Lipinski definition) is 2. The molecule has 1 heterocycles. The van der Waals surface area contributed by atoms with Crippen LogP contribution in [0.2, 0.25) is 0 Å². The van der Waals surface area contributed by atoms with Gasteiger partial charge in [0.15, 0.2) is 0 Å². The van der Waals surface area contributed by atoms with Crippen LogP contribution in [0.1, 0.15) is 32.6 Å². The van der Waals surface area contributed by atoms with E-state index in [1.54, 1.807) is 0 Å². The maximum atomic E-state index is 12.3. The fourth-order valence-corrected chi connectivity index (χ4v) is 2.72. The molecule has 2 aromatic rings. The van der Waals surface area contributed by atoms with Gasteiger partial charge in [0.1, 0.15) is 6.61 Å². The molecule has 2 N–H and O–H groups in total. The molecule has 0 saturated carbocycles. The number of thiophene rings is 1. The van der Waals surface area contributed by atoms with Crippen LogP contribution in [-0.4, -0.2) is 17.6 Å². The van der Waals surface area contributed by atoms with Gasteiger partial charge in [0.2, 0.25) is 0 Å². The first-order valence-corrected chi connectivity index (χ1v) is 7.56. The van der Waals surface area contributed by atoms with Gasteiger partial charge in [0, 0.05) is 10.4 Å². The Morgan fingerprint density at radius 2 is 2.14 bits per heavy atom. The summed E-state index contributed by atoms with van der Waals surface area (Å²) >= 11 is 1.50. The third-order valence-electron chi connectivity index (χ3n) is 2.96. The van der Waals surface area contributed by atoms with E-state index in [1.807, 2.05) is 37.3 Å². The molecule has 108 valence electrons. The summed E-state index contributed by atoms with van der Waals surface area (Å²) in [4.78, 5) is 14.2. The molecule has 1 aromatic heterocycles. The molecule has 0 aliphatic rings. The van der Waals surface area contributed by atoms with Gasteiger partial charge in [-0.3, -0.25) is 4.79 Å². The van der Waals surface area contributed by atoms with Crippen LogP contribution in [0.3, 0.4) is 0 Å². The van der Waals surface area contributed by atoms with Crippen molar-refractivity contribution in [3.8, 4) is 11.8 Å². The minimum atomic E-state index is -0.202. The van der Waals surface area contributed by atoms with Gasteiger partial charge in [-0.25, -0.2) is 0 Å². The third-order valence-corrected chi connectivity index (χ3v) is 4.19. The summed E-state index contributed by atoms with van der Waals surface area (Å²) in [6.07, 6.45) is 0.926. The number of benzene rings is 1. The van der Waals surface area contributed by atoms with Gasteiger partial charge in [-0.05, 0) is 43.2 Å². The third kappa shape index (κ3) is 3.94. The zero-order chi connectivity index (χ0) is 15.2. The predicted octanol–water partition coefficient (Wildman–Crippen LogP) is 3.22. The van der Waals surface area contributed by atoms with Crippen molar-refractivity contribution >= 4 is 22.9 Å². The van der Waals surface area contributed by atoms with Crippen molar-refractivity contribution in [3.05, 3.63) is 51.2 Å². The van der Waals surface area contributed by atoms with Gasteiger partial charge in [-0.15, -0.1) is 11.3 Å². The van der Waals surface area contributed by atoms with Crippen LogP contribution in [0.5, 0.6) is 0 Å². The second-order valence-corrected chi connectivity index (χ2v) is 5.75. The maximum Gasteiger partial charge on any atom is 0.265 e. The Bertz CT molecular complexity index is 707. The number of anilines is 1. The number of carbonyl (C=O) groups excluding carboxylic acids is 1. The highest BCUT2D eigenvalue weighted by Crippen LogP contribution is 2.21. The monoisotopic (exact) mass is 299 g/mol. The molecule has 0 spiro atoms. The molecule has 1 aromatic carbocycles. The molecule has 1 amide bonds. The second kappa shape index (κ2) is 7.07. The zero-order valence-corrected chi connectivity index (χ0v) is 12.9. The Balaban J connectivity index is 2.25. The van der Waals surface area contributed by atoms with Crippen LogP contribution in [0, 0.1) is 18.8 Å². The van der Waals surface area contributed by atoms with Crippen LogP contribution < -0.4 is 5.32 Å². The van der Waals surface area contributed by atoms with Gasteiger partial charge in [0.25, 0.3) is 5.91 Å². The van der Waals surface area contributed by atoms with E-state index in [-0.39, 0.29) is 12.5 Å². The highest BCUT2D eigenvalue weighted by molar-refractivity contribution is 7.14. The van der Waals surface area contributed by atoms with E-state index in [0.29, 0.717) is 16.1 Å². The molecule has 0 radical (unpaired) electrons. The average Bonchev–Trinajstić information content (AvgIpc) is 2.95. The Kier molecular flexibility index (Phi) is 5.15. The molecule has 3 nitrogen and oxygen atoms in total. The number of aliphatic hydroxyl groups is 1. The molecule has 0 saturated heterocycles. The van der Waals surface area contributed by atoms with Crippen LogP contribution in [-0.2, 0) is 6.42 Å². The summed E-state index contributed by atoms with van der Waals surface area (Å²) in [5, 5.41) is 11.7. The molecular weight excluding hydrogens is 282 g/mol. The lowest BCUT2D eigenvalue weighted by Crippen LogP contribution is -2.11. The molecule has 2 rings (SSSR count). The fraction of sp³-hybridized carbons (Fsp3) is 0.235. The van der Waals surface area contributed by atoms with E-state index in [2.05, 4.69) is 24.1 Å². The van der Waals surface area contributed by atoms with Crippen molar-refractivity contribution in [2.75, 3.05) is 11.9 Å². The van der Waals surface area contributed by atoms with E-state index in [0.717, 1.165) is 12.0 Å². The number of amides is 1. The Labute approximate surface area is 128 Å². The van der Waals surface area contributed by atoms with Gasteiger partial charge in [0.05, 0.1) is 10.6 Å². The van der Waals surface area contributed by atoms with Gasteiger partial charge < -0.3 is 10.4 Å². The Morgan fingerprint density at radius 3 is 2.81 bits per heavy atom. The van der Waals surface area contributed by atoms with Gasteiger partial charge in [-0.2, -0.15) is 0 Å². The first-order valence-electron chi connectivity index (χ1n) is 6.74. The zero-order valence-electron chi connectivity index (χ0n) is 12.1. The van der Waals surface area contributed by atoms with Crippen LogP contribution >= 0.6 is 11.3 Å². The van der Waals surface area contributed by atoms with Crippen molar-refractivity contribution in [1.29, 1.82) is 0 Å². The highest BCUT2D eigenvalue weighted by Gasteiger charge is 2.11. The molecule has 0 atom stereocenters. The largest absolute Gasteiger partial charge is 0.384 e. The van der Waals surface area contributed by atoms with Gasteiger partial charge >= 0.3 is 0 Å². The van der Waals surface area contributed by atoms with Crippen LogP contribution in [0.15, 0.2) is 30.3 Å². The van der Waals surface area contributed by atoms with Crippen molar-refractivity contribution in [1.82, 2.24) is 0 Å². The molecular formula is C17H17NO2S. The van der Waals surface area contributed by atoms with E-state index < -0.39 is 0 Å². The summed E-state index contributed by atoms with van der Waals surface area (Å²) in [6, 6.07) is 9.47. The Hall–Kier alpha value is -2.09. The van der Waals surface area contributed by atoms with Crippen LogP contribution in [0.25, 0.3) is 0 Å². The van der Waals surface area contributed by atoms with E-state index in [1.165, 1.54) is 16.2 Å². The lowest BCUT2D eigenvalue weighted by Gasteiger charge is -2.07. The molecule has 21 heavy (non-hydrogen) atoms. The number of rotatable bonds is 3. The first kappa shape index (κ1) is 15.3. The number of aliphatic hydroxyl groups excluding tert-OH is 1. The van der Waals surface area contributed by atoms with Gasteiger partial charge in [-0.1, -0.05) is 24.8 Å². The minimum Gasteiger partial charge on any atom is -0.384 e. The summed E-state index contributed by atoms with van der Waals surface area (Å²) in [5.41, 5.74) is 2.42. The normalized spacial score (nSPS) is 9.86. The van der Waals surface area contributed by atoms with E-state index in [9.17, 15) is 4.79 Å². The minimum absolute atomic E-state index is 0.127. The SMILES string of the molecule is CCc1ccc(C(=O)Nc2cc(C)ccc2C#CCO)s1. The van der Waals surface area contributed by atoms with Crippen molar-refractivity contribution in [2.24, 2.45) is 0 Å². The molecule has 4 heteroatoms. The summed E-state index contributed by atoms with van der Waals surface area (Å²) < 4.78 is 0. The quantitative estimate of drug-likeness (QED) is 0.855. The van der Waals surface area contributed by atoms with Crippen LogP contribution in [0.4, 0.5) is 5.69 Å². The summed E-state index contributed by atoms with van der Waals surface area (Å²) in [7, 11) is 0. The number of carbonyl (C=O) groups is 1. The topological polar surface area (TPSA) is 49.3 Å². The smallest absolute Gasteiger partial charge is 0.265 e. The Morgan fingerprint density at radius 1 is 1.33 bits per heavy atom. The van der Waals surface area contributed by atoms with Crippen molar-refractivity contribution in [3.63, 3.8) is 0 Å². The molecule has 0 unspecified atom stereocenters. The molecule has 0 fully saturated rings. The number of hydrogen-bond acceptors (Lipinski definition) is 3. The van der Waals surface area contributed by atoms with E-state index in [4.69, 9.17) is 5.11 Å².